The number of nitrogens with one attached hydrogen (secondary N) is 2. The molecule has 1 atom stereocenters. The van der Waals surface area contributed by atoms with Crippen LogP contribution >= 0.6 is 0 Å². The van der Waals surface area contributed by atoms with E-state index in [4.69, 9.17) is 0 Å². The zero-order chi connectivity index (χ0) is 24.0. The minimum atomic E-state index is -0.611. The van der Waals surface area contributed by atoms with Crippen LogP contribution in [-0.4, -0.2) is 17.9 Å². The van der Waals surface area contributed by atoms with Crippen LogP contribution in [0, 0.1) is 17.8 Å². The van der Waals surface area contributed by atoms with Gasteiger partial charge in [-0.15, -0.1) is 0 Å². The third-order valence-electron chi connectivity index (χ3n) is 8.80. The second-order valence-corrected chi connectivity index (χ2v) is 11.4. The van der Waals surface area contributed by atoms with Crippen molar-refractivity contribution in [1.82, 2.24) is 5.32 Å². The van der Waals surface area contributed by atoms with Crippen LogP contribution in [0.3, 0.4) is 0 Å². The normalized spacial score (nSPS) is 27.5. The average molecular weight is 467 g/mol. The number of hydrogen-bond acceptors (Lipinski definition) is 2. The first kappa shape index (κ1) is 22.3. The van der Waals surface area contributed by atoms with E-state index in [1.165, 1.54) is 44.1 Å². The number of rotatable bonds is 6. The van der Waals surface area contributed by atoms with E-state index in [2.05, 4.69) is 22.8 Å². The van der Waals surface area contributed by atoms with Crippen LogP contribution in [-0.2, 0) is 21.4 Å². The smallest absolute Gasteiger partial charge is 0.246 e. The summed E-state index contributed by atoms with van der Waals surface area (Å²) < 4.78 is 0. The largest absolute Gasteiger partial charge is 0.344 e. The molecule has 0 aliphatic heterocycles. The molecule has 0 radical (unpaired) electrons. The molecular formula is C31H34N2O2. The summed E-state index contributed by atoms with van der Waals surface area (Å²) in [4.78, 5) is 25.5. The van der Waals surface area contributed by atoms with Crippen LogP contribution < -0.4 is 10.6 Å². The second kappa shape index (κ2) is 8.82. The van der Waals surface area contributed by atoms with Crippen molar-refractivity contribution in [3.8, 4) is 0 Å². The van der Waals surface area contributed by atoms with Crippen LogP contribution in [0.1, 0.15) is 56.6 Å². The van der Waals surface area contributed by atoms with Gasteiger partial charge in [-0.2, -0.15) is 0 Å². The zero-order valence-corrected chi connectivity index (χ0v) is 20.4. The number of hydrogen-bond donors (Lipinski definition) is 2. The van der Waals surface area contributed by atoms with Gasteiger partial charge in [0.05, 0.1) is 6.42 Å². The number of fused-ring (bicyclic) bond motifs is 1. The fourth-order valence-electron chi connectivity index (χ4n) is 7.60. The summed E-state index contributed by atoms with van der Waals surface area (Å²) >= 11 is 0. The van der Waals surface area contributed by atoms with Crippen molar-refractivity contribution >= 4 is 28.3 Å². The molecule has 4 bridgehead atoms. The molecule has 4 saturated carbocycles. The average Bonchev–Trinajstić information content (AvgIpc) is 2.84. The van der Waals surface area contributed by atoms with Crippen LogP contribution in [0.2, 0.25) is 0 Å². The molecule has 7 rings (SSSR count). The number of carbonyl (C=O) groups is 2. The highest BCUT2D eigenvalue weighted by atomic mass is 16.2. The fourth-order valence-corrected chi connectivity index (χ4v) is 7.60. The summed E-state index contributed by atoms with van der Waals surface area (Å²) in [6.07, 6.45) is 8.59. The van der Waals surface area contributed by atoms with Crippen molar-refractivity contribution in [1.29, 1.82) is 0 Å². The Morgan fingerprint density at radius 2 is 1.49 bits per heavy atom. The minimum Gasteiger partial charge on any atom is -0.344 e. The Bertz CT molecular complexity index is 1220. The first-order valence-electron chi connectivity index (χ1n) is 13.1. The Balaban J connectivity index is 1.07. The number of benzene rings is 3. The predicted molar refractivity (Wildman–Crippen MR) is 140 cm³/mol. The molecule has 0 spiro atoms. The molecule has 2 amide bonds. The SMILES string of the molecule is C[C@H](NC(=O)Cc1cccc2ccccc12)C(=O)Nc1ccc(C23CC4CC(CC(C4)C2)C3)cc1. The van der Waals surface area contributed by atoms with Crippen molar-refractivity contribution in [2.75, 3.05) is 5.32 Å². The molecule has 0 unspecified atom stereocenters. The van der Waals surface area contributed by atoms with E-state index in [9.17, 15) is 9.59 Å². The van der Waals surface area contributed by atoms with Gasteiger partial charge in [0.2, 0.25) is 11.8 Å². The molecule has 180 valence electrons. The lowest BCUT2D eigenvalue weighted by Crippen LogP contribution is -2.48. The quantitative estimate of drug-likeness (QED) is 0.469. The Labute approximate surface area is 207 Å². The highest BCUT2D eigenvalue weighted by molar-refractivity contribution is 5.97. The molecule has 4 nitrogen and oxygen atoms in total. The maximum Gasteiger partial charge on any atom is 0.246 e. The van der Waals surface area contributed by atoms with Gasteiger partial charge >= 0.3 is 0 Å². The summed E-state index contributed by atoms with van der Waals surface area (Å²) in [5, 5.41) is 8.03. The zero-order valence-electron chi connectivity index (χ0n) is 20.4. The van der Waals surface area contributed by atoms with Gasteiger partial charge in [-0.05, 0) is 103 Å². The van der Waals surface area contributed by atoms with E-state index in [0.717, 1.165) is 39.8 Å². The molecule has 0 heterocycles. The third kappa shape index (κ3) is 4.35. The fraction of sp³-hybridized carbons (Fsp3) is 0.419. The Morgan fingerprint density at radius 1 is 0.857 bits per heavy atom. The summed E-state index contributed by atoms with van der Waals surface area (Å²) in [6, 6.07) is 21.9. The molecular weight excluding hydrogens is 432 g/mol. The van der Waals surface area contributed by atoms with E-state index in [0.29, 0.717) is 5.41 Å². The molecule has 35 heavy (non-hydrogen) atoms. The van der Waals surface area contributed by atoms with Crippen molar-refractivity contribution < 1.29 is 9.59 Å². The molecule has 0 aromatic heterocycles. The number of carbonyl (C=O) groups excluding carboxylic acids is 2. The third-order valence-corrected chi connectivity index (χ3v) is 8.80. The maximum absolute atomic E-state index is 12.8. The number of anilines is 1. The summed E-state index contributed by atoms with van der Waals surface area (Å²) in [7, 11) is 0. The molecule has 3 aromatic carbocycles. The van der Waals surface area contributed by atoms with Gasteiger partial charge in [-0.25, -0.2) is 0 Å². The molecule has 0 saturated heterocycles. The van der Waals surface area contributed by atoms with Crippen molar-refractivity contribution in [2.45, 2.75) is 63.3 Å². The van der Waals surface area contributed by atoms with Gasteiger partial charge in [0.25, 0.3) is 0 Å². The van der Waals surface area contributed by atoms with Crippen LogP contribution in [0.5, 0.6) is 0 Å². The predicted octanol–water partition coefficient (Wildman–Crippen LogP) is 5.99. The molecule has 4 heteroatoms. The van der Waals surface area contributed by atoms with Gasteiger partial charge in [0.1, 0.15) is 6.04 Å². The van der Waals surface area contributed by atoms with Crippen molar-refractivity contribution in [3.63, 3.8) is 0 Å². The van der Waals surface area contributed by atoms with Gasteiger partial charge in [0.15, 0.2) is 0 Å². The Hall–Kier alpha value is -3.14. The molecule has 4 aliphatic rings. The highest BCUT2D eigenvalue weighted by Gasteiger charge is 2.51. The summed E-state index contributed by atoms with van der Waals surface area (Å²) in [5.74, 6) is 2.40. The summed E-state index contributed by atoms with van der Waals surface area (Å²) in [6.45, 7) is 1.74. The first-order valence-corrected chi connectivity index (χ1v) is 13.1. The van der Waals surface area contributed by atoms with E-state index in [1.54, 1.807) is 6.92 Å². The maximum atomic E-state index is 12.8. The highest BCUT2D eigenvalue weighted by Crippen LogP contribution is 2.60. The molecule has 4 aliphatic carbocycles. The van der Waals surface area contributed by atoms with E-state index in [1.807, 2.05) is 54.6 Å². The van der Waals surface area contributed by atoms with Gasteiger partial charge in [-0.1, -0.05) is 54.6 Å². The van der Waals surface area contributed by atoms with Crippen LogP contribution in [0.25, 0.3) is 10.8 Å². The lowest BCUT2D eigenvalue weighted by atomic mass is 9.48. The van der Waals surface area contributed by atoms with E-state index >= 15 is 0 Å². The van der Waals surface area contributed by atoms with Crippen molar-refractivity contribution in [2.24, 2.45) is 17.8 Å². The Morgan fingerprint density at radius 3 is 2.17 bits per heavy atom. The molecule has 2 N–H and O–H groups in total. The van der Waals surface area contributed by atoms with Gasteiger partial charge in [-0.3, -0.25) is 9.59 Å². The van der Waals surface area contributed by atoms with Gasteiger partial charge < -0.3 is 10.6 Å². The second-order valence-electron chi connectivity index (χ2n) is 11.4. The van der Waals surface area contributed by atoms with Crippen LogP contribution in [0.15, 0.2) is 66.7 Å². The number of amides is 2. The van der Waals surface area contributed by atoms with Crippen LogP contribution in [0.4, 0.5) is 5.69 Å². The standard InChI is InChI=1S/C31H34N2O2/c1-20(32-29(34)16-25-7-4-6-24-5-2-3-8-28(24)25)30(35)33-27-11-9-26(10-12-27)31-17-21-13-22(18-31)15-23(14-21)19-31/h2-12,20-23H,13-19H2,1H3,(H,32,34)(H,33,35)/t20-,21?,22?,23?,31?/m0/s1. The van der Waals surface area contributed by atoms with Gasteiger partial charge in [0, 0.05) is 5.69 Å². The lowest BCUT2D eigenvalue weighted by molar-refractivity contribution is -0.125. The topological polar surface area (TPSA) is 58.2 Å². The Kier molecular flexibility index (Phi) is 5.63. The van der Waals surface area contributed by atoms with E-state index in [-0.39, 0.29) is 18.2 Å². The monoisotopic (exact) mass is 466 g/mol. The minimum absolute atomic E-state index is 0.152. The molecule has 3 aromatic rings. The first-order chi connectivity index (χ1) is 17.0. The summed E-state index contributed by atoms with van der Waals surface area (Å²) in [5.41, 5.74) is 3.57. The lowest BCUT2D eigenvalue weighted by Gasteiger charge is -2.57. The van der Waals surface area contributed by atoms with Crippen molar-refractivity contribution in [3.05, 3.63) is 77.9 Å². The molecule has 4 fully saturated rings. The van der Waals surface area contributed by atoms with E-state index < -0.39 is 6.04 Å².